The molecule has 1 fully saturated rings. The number of carboxylic acid groups (broad SMARTS) is 1. The fourth-order valence-corrected chi connectivity index (χ4v) is 3.08. The van der Waals surface area contributed by atoms with Gasteiger partial charge in [0.05, 0.1) is 0 Å². The Labute approximate surface area is 112 Å². The molecule has 2 amide bonds. The first kappa shape index (κ1) is 15.1. The molecule has 0 saturated heterocycles. The van der Waals surface area contributed by atoms with Crippen molar-refractivity contribution < 1.29 is 14.7 Å². The Morgan fingerprint density at radius 2 is 2.00 bits per heavy atom. The Hall–Kier alpha value is -0.910. The smallest absolute Gasteiger partial charge is 0.326 e. The number of nitrogens with zero attached hydrogens (tertiary/aromatic N) is 1. The number of rotatable bonds is 4. The molecule has 0 aromatic heterocycles. The van der Waals surface area contributed by atoms with Crippen molar-refractivity contribution in [3.05, 3.63) is 0 Å². The van der Waals surface area contributed by atoms with Crippen LogP contribution in [0.3, 0.4) is 0 Å². The van der Waals surface area contributed by atoms with Crippen LogP contribution in [0.4, 0.5) is 4.79 Å². The minimum absolute atomic E-state index is 0.157. The van der Waals surface area contributed by atoms with Crippen molar-refractivity contribution in [2.24, 2.45) is 0 Å². The molecule has 1 aliphatic carbocycles. The highest BCUT2D eigenvalue weighted by Crippen LogP contribution is 2.27. The minimum atomic E-state index is -0.988. The number of carboxylic acids is 1. The molecule has 0 bridgehead atoms. The van der Waals surface area contributed by atoms with Crippen molar-refractivity contribution in [3.8, 4) is 0 Å². The number of hydrogen-bond donors (Lipinski definition) is 2. The summed E-state index contributed by atoms with van der Waals surface area (Å²) in [4.78, 5) is 24.0. The normalized spacial score (nSPS) is 25.3. The van der Waals surface area contributed by atoms with Crippen molar-refractivity contribution in [1.29, 1.82) is 0 Å². The van der Waals surface area contributed by atoms with Gasteiger partial charge in [0.25, 0.3) is 0 Å². The number of carbonyl (C=O) groups excluding carboxylic acids is 1. The van der Waals surface area contributed by atoms with Gasteiger partial charge in [-0.25, -0.2) is 9.59 Å². The second-order valence-electron chi connectivity index (χ2n) is 4.74. The number of hydrogen-bond acceptors (Lipinski definition) is 3. The van der Waals surface area contributed by atoms with Crippen LogP contribution in [-0.4, -0.2) is 52.6 Å². The number of thioether (sulfide) groups is 1. The summed E-state index contributed by atoms with van der Waals surface area (Å²) >= 11 is 1.77. The molecule has 0 spiro atoms. The van der Waals surface area contributed by atoms with Gasteiger partial charge in [0, 0.05) is 18.3 Å². The molecule has 2 N–H and O–H groups in total. The Morgan fingerprint density at radius 1 is 1.39 bits per heavy atom. The molecule has 6 heteroatoms. The van der Waals surface area contributed by atoms with Gasteiger partial charge in [0.15, 0.2) is 0 Å². The fourth-order valence-electron chi connectivity index (χ4n) is 2.15. The lowest BCUT2D eigenvalue weighted by Gasteiger charge is -2.33. The van der Waals surface area contributed by atoms with Crippen LogP contribution in [-0.2, 0) is 4.79 Å². The standard InChI is InChI=1S/C12H22N2O3S/c1-8(11(15)16)14(2)12(17)13-9-6-4-5-7-10(9)18-3/h8-10H,4-7H2,1-3H3,(H,13,17)(H,15,16). The lowest BCUT2D eigenvalue weighted by atomic mass is 9.95. The molecule has 1 aliphatic rings. The molecular formula is C12H22N2O3S. The molecule has 5 nitrogen and oxygen atoms in total. The number of carbonyl (C=O) groups is 2. The van der Waals surface area contributed by atoms with Crippen LogP contribution in [0.15, 0.2) is 0 Å². The van der Waals surface area contributed by atoms with Gasteiger partial charge in [-0.3, -0.25) is 0 Å². The van der Waals surface area contributed by atoms with Crippen molar-refractivity contribution in [2.45, 2.75) is 49.9 Å². The van der Waals surface area contributed by atoms with Crippen LogP contribution in [0.5, 0.6) is 0 Å². The van der Waals surface area contributed by atoms with E-state index in [1.54, 1.807) is 11.8 Å². The summed E-state index contributed by atoms with van der Waals surface area (Å²) in [6.45, 7) is 1.51. The molecule has 0 aliphatic heterocycles. The van der Waals surface area contributed by atoms with Crippen LogP contribution < -0.4 is 5.32 Å². The number of nitrogens with one attached hydrogen (secondary N) is 1. The van der Waals surface area contributed by atoms with E-state index in [0.717, 1.165) is 19.3 Å². The van der Waals surface area contributed by atoms with Gasteiger partial charge in [-0.2, -0.15) is 11.8 Å². The first-order valence-electron chi connectivity index (χ1n) is 6.26. The highest BCUT2D eigenvalue weighted by atomic mass is 32.2. The van der Waals surface area contributed by atoms with Crippen molar-refractivity contribution >= 4 is 23.8 Å². The van der Waals surface area contributed by atoms with Crippen LogP contribution >= 0.6 is 11.8 Å². The van der Waals surface area contributed by atoms with Gasteiger partial charge < -0.3 is 15.3 Å². The van der Waals surface area contributed by atoms with Gasteiger partial charge >= 0.3 is 12.0 Å². The van der Waals surface area contributed by atoms with Gasteiger partial charge in [0.2, 0.25) is 0 Å². The molecule has 0 aromatic carbocycles. The molecule has 0 radical (unpaired) electrons. The minimum Gasteiger partial charge on any atom is -0.480 e. The average Bonchev–Trinajstić information content (AvgIpc) is 2.37. The third kappa shape index (κ3) is 3.80. The van der Waals surface area contributed by atoms with Crippen LogP contribution in [0.2, 0.25) is 0 Å². The lowest BCUT2D eigenvalue weighted by molar-refractivity contribution is -0.141. The zero-order valence-electron chi connectivity index (χ0n) is 11.2. The summed E-state index contributed by atoms with van der Waals surface area (Å²) in [5.41, 5.74) is 0. The van der Waals surface area contributed by atoms with Crippen molar-refractivity contribution in [3.63, 3.8) is 0 Å². The van der Waals surface area contributed by atoms with Crippen LogP contribution in [0.25, 0.3) is 0 Å². The number of amides is 2. The van der Waals surface area contributed by atoms with Crippen molar-refractivity contribution in [1.82, 2.24) is 10.2 Å². The topological polar surface area (TPSA) is 69.6 Å². The van der Waals surface area contributed by atoms with Crippen molar-refractivity contribution in [2.75, 3.05) is 13.3 Å². The van der Waals surface area contributed by atoms with E-state index < -0.39 is 12.0 Å². The SMILES string of the molecule is CSC1CCCCC1NC(=O)N(C)C(C)C(=O)O. The van der Waals surface area contributed by atoms with Crippen LogP contribution in [0, 0.1) is 0 Å². The fraction of sp³-hybridized carbons (Fsp3) is 0.833. The van der Waals surface area contributed by atoms with Gasteiger partial charge in [-0.15, -0.1) is 0 Å². The summed E-state index contributed by atoms with van der Waals surface area (Å²) in [5.74, 6) is -0.988. The summed E-state index contributed by atoms with van der Waals surface area (Å²) in [6.07, 6.45) is 6.48. The predicted octanol–water partition coefficient (Wildman–Crippen LogP) is 1.78. The third-order valence-electron chi connectivity index (χ3n) is 3.57. The molecule has 3 unspecified atom stereocenters. The van der Waals surface area contributed by atoms with E-state index in [2.05, 4.69) is 11.6 Å². The summed E-state index contributed by atoms with van der Waals surface area (Å²) in [5, 5.41) is 12.3. The maximum absolute atomic E-state index is 12.0. The van der Waals surface area contributed by atoms with Gasteiger partial charge in [-0.05, 0) is 26.0 Å². The van der Waals surface area contributed by atoms with E-state index in [-0.39, 0.29) is 12.1 Å². The van der Waals surface area contributed by atoms with Crippen LogP contribution in [0.1, 0.15) is 32.6 Å². The molecule has 0 aromatic rings. The first-order valence-corrected chi connectivity index (χ1v) is 7.55. The molecule has 18 heavy (non-hydrogen) atoms. The molecule has 1 saturated carbocycles. The molecule has 1 rings (SSSR count). The number of urea groups is 1. The van der Waals surface area contributed by atoms with E-state index in [1.165, 1.54) is 25.3 Å². The predicted molar refractivity (Wildman–Crippen MR) is 73.0 cm³/mol. The number of likely N-dealkylation sites (N-methyl/N-ethyl adjacent to an activating group) is 1. The maximum Gasteiger partial charge on any atom is 0.326 e. The third-order valence-corrected chi connectivity index (χ3v) is 4.74. The summed E-state index contributed by atoms with van der Waals surface area (Å²) < 4.78 is 0. The Kier molecular flexibility index (Phi) is 5.78. The zero-order valence-corrected chi connectivity index (χ0v) is 12.0. The summed E-state index contributed by atoms with van der Waals surface area (Å²) in [6, 6.07) is -0.943. The Balaban J connectivity index is 2.54. The first-order chi connectivity index (χ1) is 8.47. The van der Waals surface area contributed by atoms with E-state index in [0.29, 0.717) is 5.25 Å². The summed E-state index contributed by atoms with van der Waals surface area (Å²) in [7, 11) is 1.52. The number of aliphatic carboxylic acids is 1. The highest BCUT2D eigenvalue weighted by Gasteiger charge is 2.28. The largest absolute Gasteiger partial charge is 0.480 e. The quantitative estimate of drug-likeness (QED) is 0.820. The Morgan fingerprint density at radius 3 is 2.56 bits per heavy atom. The zero-order chi connectivity index (χ0) is 13.7. The van der Waals surface area contributed by atoms with E-state index in [9.17, 15) is 9.59 Å². The van der Waals surface area contributed by atoms with E-state index >= 15 is 0 Å². The Bertz CT molecular complexity index is 312. The molecular weight excluding hydrogens is 252 g/mol. The van der Waals surface area contributed by atoms with E-state index in [1.807, 2.05) is 0 Å². The van der Waals surface area contributed by atoms with Gasteiger partial charge in [-0.1, -0.05) is 12.8 Å². The molecule has 0 heterocycles. The molecule has 3 atom stereocenters. The molecule has 104 valence electrons. The van der Waals surface area contributed by atoms with Gasteiger partial charge in [0.1, 0.15) is 6.04 Å². The maximum atomic E-state index is 12.0. The monoisotopic (exact) mass is 274 g/mol. The lowest BCUT2D eigenvalue weighted by Crippen LogP contribution is -2.52. The second-order valence-corrected chi connectivity index (χ2v) is 5.82. The van der Waals surface area contributed by atoms with E-state index in [4.69, 9.17) is 5.11 Å². The highest BCUT2D eigenvalue weighted by molar-refractivity contribution is 7.99. The average molecular weight is 274 g/mol. The second kappa shape index (κ2) is 6.87.